The fourth-order valence-corrected chi connectivity index (χ4v) is 3.27. The minimum absolute atomic E-state index is 0.190. The molecule has 6 heteroatoms. The molecule has 3 aromatic carbocycles. The van der Waals surface area contributed by atoms with Gasteiger partial charge < -0.3 is 10.6 Å². The lowest BCUT2D eigenvalue weighted by atomic mass is 10.1. The lowest BCUT2D eigenvalue weighted by Crippen LogP contribution is -2.15. The van der Waals surface area contributed by atoms with Gasteiger partial charge in [0.1, 0.15) is 0 Å². The number of nitrogens with one attached hydrogen (secondary N) is 2. The van der Waals surface area contributed by atoms with Crippen LogP contribution in [0.1, 0.15) is 38.8 Å². The first-order chi connectivity index (χ1) is 15.0. The molecule has 0 atom stereocenters. The highest BCUT2D eigenvalue weighted by atomic mass is 16.2. The molecule has 2 N–H and O–H groups in total. The predicted octanol–water partition coefficient (Wildman–Crippen LogP) is 5.01. The van der Waals surface area contributed by atoms with E-state index < -0.39 is 0 Å². The van der Waals surface area contributed by atoms with Gasteiger partial charge in [-0.1, -0.05) is 25.1 Å². The Labute approximate surface area is 180 Å². The molecule has 0 spiro atoms. The van der Waals surface area contributed by atoms with Gasteiger partial charge in [0.05, 0.1) is 11.0 Å². The highest BCUT2D eigenvalue weighted by Gasteiger charge is 2.12. The molecule has 4 rings (SSSR count). The second kappa shape index (κ2) is 8.75. The number of carbonyl (C=O) groups excluding carboxylic acids is 2. The molecular weight excluding hydrogens is 388 g/mol. The van der Waals surface area contributed by atoms with Crippen molar-refractivity contribution in [2.45, 2.75) is 20.3 Å². The summed E-state index contributed by atoms with van der Waals surface area (Å²) in [4.78, 5) is 33.9. The van der Waals surface area contributed by atoms with Gasteiger partial charge in [0.15, 0.2) is 0 Å². The summed E-state index contributed by atoms with van der Waals surface area (Å²) in [5.74, 6) is -0.445. The lowest BCUT2D eigenvalue weighted by molar-refractivity contribution is 0.101. The fourth-order valence-electron chi connectivity index (χ4n) is 3.27. The van der Waals surface area contributed by atoms with Crippen molar-refractivity contribution in [1.29, 1.82) is 0 Å². The Morgan fingerprint density at radius 2 is 1.55 bits per heavy atom. The molecule has 31 heavy (non-hydrogen) atoms. The second-order valence-corrected chi connectivity index (χ2v) is 7.25. The molecule has 0 saturated carbocycles. The number of carbonyl (C=O) groups is 2. The van der Waals surface area contributed by atoms with Crippen LogP contribution in [0.5, 0.6) is 0 Å². The van der Waals surface area contributed by atoms with E-state index in [1.807, 2.05) is 44.2 Å². The van der Waals surface area contributed by atoms with E-state index in [2.05, 4.69) is 20.6 Å². The minimum atomic E-state index is -0.255. The monoisotopic (exact) mass is 410 g/mol. The number of aryl methyl sites for hydroxylation is 2. The molecule has 1 aromatic heterocycles. The Morgan fingerprint density at radius 1 is 0.806 bits per heavy atom. The fraction of sp³-hybridized carbons (Fsp3) is 0.120. The third-order valence-corrected chi connectivity index (χ3v) is 5.07. The zero-order chi connectivity index (χ0) is 21.8. The molecule has 0 fully saturated rings. The van der Waals surface area contributed by atoms with Gasteiger partial charge in [-0.3, -0.25) is 19.6 Å². The number of amides is 2. The molecule has 0 aliphatic rings. The van der Waals surface area contributed by atoms with Crippen LogP contribution in [-0.4, -0.2) is 21.8 Å². The average molecular weight is 410 g/mol. The quantitative estimate of drug-likeness (QED) is 0.485. The molecule has 0 radical (unpaired) electrons. The van der Waals surface area contributed by atoms with E-state index in [-0.39, 0.29) is 11.8 Å². The van der Waals surface area contributed by atoms with Crippen molar-refractivity contribution in [3.8, 4) is 0 Å². The average Bonchev–Trinajstić information content (AvgIpc) is 2.80. The highest BCUT2D eigenvalue weighted by molar-refractivity contribution is 6.07. The van der Waals surface area contributed by atoms with Crippen LogP contribution < -0.4 is 10.6 Å². The summed E-state index contributed by atoms with van der Waals surface area (Å²) in [6.07, 6.45) is 4.07. The Kier molecular flexibility index (Phi) is 5.71. The van der Waals surface area contributed by atoms with Crippen molar-refractivity contribution < 1.29 is 9.59 Å². The highest BCUT2D eigenvalue weighted by Crippen LogP contribution is 2.22. The number of rotatable bonds is 5. The minimum Gasteiger partial charge on any atom is -0.322 e. The van der Waals surface area contributed by atoms with Gasteiger partial charge in [-0.05, 0) is 66.9 Å². The number of hydrogen-bond donors (Lipinski definition) is 2. The standard InChI is InChI=1S/C25H22N4O2/c1-3-17-5-4-6-18(13-17)24(30)28-20-9-7-16(2)22(15-20)29-25(31)19-8-10-21-23(14-19)27-12-11-26-21/h4-15H,3H2,1-2H3,(H,28,30)(H,29,31). The molecule has 0 saturated heterocycles. The van der Waals surface area contributed by atoms with Gasteiger partial charge >= 0.3 is 0 Å². The number of anilines is 2. The zero-order valence-corrected chi connectivity index (χ0v) is 17.3. The van der Waals surface area contributed by atoms with Crippen LogP contribution in [0.4, 0.5) is 11.4 Å². The maximum absolute atomic E-state index is 12.8. The number of benzene rings is 3. The van der Waals surface area contributed by atoms with Crippen LogP contribution in [0.3, 0.4) is 0 Å². The smallest absolute Gasteiger partial charge is 0.255 e. The Hall–Kier alpha value is -4.06. The van der Waals surface area contributed by atoms with Gasteiger partial charge in [-0.2, -0.15) is 0 Å². The molecule has 0 aliphatic carbocycles. The molecule has 0 aliphatic heterocycles. The topological polar surface area (TPSA) is 84.0 Å². The molecule has 6 nitrogen and oxygen atoms in total. The summed E-state index contributed by atoms with van der Waals surface area (Å²) in [6.45, 7) is 3.95. The molecule has 0 bridgehead atoms. The van der Waals surface area contributed by atoms with Gasteiger partial charge in [0.25, 0.3) is 11.8 Å². The molecule has 0 unspecified atom stereocenters. The van der Waals surface area contributed by atoms with Gasteiger partial charge in [0, 0.05) is 34.9 Å². The number of nitrogens with zero attached hydrogens (tertiary/aromatic N) is 2. The molecular formula is C25H22N4O2. The van der Waals surface area contributed by atoms with E-state index in [1.54, 1.807) is 42.7 Å². The lowest BCUT2D eigenvalue weighted by Gasteiger charge is -2.12. The number of aromatic nitrogens is 2. The van der Waals surface area contributed by atoms with Crippen molar-refractivity contribution >= 4 is 34.2 Å². The third-order valence-electron chi connectivity index (χ3n) is 5.07. The summed E-state index contributed by atoms with van der Waals surface area (Å²) in [6, 6.07) is 18.2. The van der Waals surface area contributed by atoms with Gasteiger partial charge in [0.2, 0.25) is 0 Å². The molecule has 154 valence electrons. The summed E-state index contributed by atoms with van der Waals surface area (Å²) < 4.78 is 0. The Bertz CT molecular complexity index is 1280. The van der Waals surface area contributed by atoms with E-state index in [9.17, 15) is 9.59 Å². The largest absolute Gasteiger partial charge is 0.322 e. The van der Waals surface area contributed by atoms with Crippen LogP contribution >= 0.6 is 0 Å². The molecule has 2 amide bonds. The SMILES string of the molecule is CCc1cccc(C(=O)Nc2ccc(C)c(NC(=O)c3ccc4nccnc4c3)c2)c1. The number of fused-ring (bicyclic) bond motifs is 1. The molecule has 1 heterocycles. The van der Waals surface area contributed by atoms with Crippen molar-refractivity contribution in [1.82, 2.24) is 9.97 Å². The van der Waals surface area contributed by atoms with Crippen molar-refractivity contribution in [2.24, 2.45) is 0 Å². The maximum atomic E-state index is 12.8. The van der Waals surface area contributed by atoms with Crippen molar-refractivity contribution in [3.05, 3.63) is 95.3 Å². The third kappa shape index (κ3) is 4.59. The van der Waals surface area contributed by atoms with Crippen LogP contribution in [0.25, 0.3) is 11.0 Å². The maximum Gasteiger partial charge on any atom is 0.255 e. The first-order valence-electron chi connectivity index (χ1n) is 10.1. The zero-order valence-electron chi connectivity index (χ0n) is 17.3. The van der Waals surface area contributed by atoms with Gasteiger partial charge in [-0.15, -0.1) is 0 Å². The second-order valence-electron chi connectivity index (χ2n) is 7.25. The summed E-state index contributed by atoms with van der Waals surface area (Å²) in [5.41, 5.74) is 5.70. The van der Waals surface area contributed by atoms with Crippen molar-refractivity contribution in [3.63, 3.8) is 0 Å². The Morgan fingerprint density at radius 3 is 2.35 bits per heavy atom. The van der Waals surface area contributed by atoms with E-state index in [4.69, 9.17) is 0 Å². The first kappa shape index (κ1) is 20.2. The summed E-state index contributed by atoms with van der Waals surface area (Å²) in [7, 11) is 0. The van der Waals surface area contributed by atoms with Crippen LogP contribution in [-0.2, 0) is 6.42 Å². The Balaban J connectivity index is 1.53. The first-order valence-corrected chi connectivity index (χ1v) is 10.1. The van der Waals surface area contributed by atoms with Crippen LogP contribution in [0.15, 0.2) is 73.1 Å². The van der Waals surface area contributed by atoms with Gasteiger partial charge in [-0.25, -0.2) is 0 Å². The summed E-state index contributed by atoms with van der Waals surface area (Å²) >= 11 is 0. The molecule has 4 aromatic rings. The summed E-state index contributed by atoms with van der Waals surface area (Å²) in [5, 5.41) is 5.83. The van der Waals surface area contributed by atoms with E-state index in [0.29, 0.717) is 28.0 Å². The van der Waals surface area contributed by atoms with E-state index in [1.165, 1.54) is 0 Å². The van der Waals surface area contributed by atoms with Crippen molar-refractivity contribution in [2.75, 3.05) is 10.6 Å². The predicted molar refractivity (Wildman–Crippen MR) is 122 cm³/mol. The van der Waals surface area contributed by atoms with E-state index >= 15 is 0 Å². The van der Waals surface area contributed by atoms with Crippen LogP contribution in [0, 0.1) is 6.92 Å². The number of hydrogen-bond acceptors (Lipinski definition) is 4. The normalized spacial score (nSPS) is 10.6. The van der Waals surface area contributed by atoms with Crippen LogP contribution in [0.2, 0.25) is 0 Å². The van der Waals surface area contributed by atoms with E-state index in [0.717, 1.165) is 23.1 Å².